The van der Waals surface area contributed by atoms with E-state index in [0.717, 1.165) is 18.8 Å². The first-order valence-electron chi connectivity index (χ1n) is 6.94. The van der Waals surface area contributed by atoms with Crippen molar-refractivity contribution in [1.82, 2.24) is 5.32 Å². The lowest BCUT2D eigenvalue weighted by molar-refractivity contribution is 0.0911. The van der Waals surface area contributed by atoms with Crippen molar-refractivity contribution in [2.75, 3.05) is 26.4 Å². The molecule has 0 bridgehead atoms. The zero-order valence-corrected chi connectivity index (χ0v) is 12.2. The van der Waals surface area contributed by atoms with E-state index >= 15 is 0 Å². The lowest BCUT2D eigenvalue weighted by Crippen LogP contribution is -2.34. The van der Waals surface area contributed by atoms with Crippen LogP contribution >= 0.6 is 12.4 Å². The highest BCUT2D eigenvalue weighted by atomic mass is 35.5. The standard InChI is InChI=1S/C15H23NO2.ClH/c1-2-7-15(8-3-1)18-13-12-17-11-9-14-6-4-5-10-16-14;/h1-3,7-8,14,16H,4-6,9-13H2;1H. The average Bonchev–Trinajstić information content (AvgIpc) is 2.45. The van der Waals surface area contributed by atoms with Gasteiger partial charge >= 0.3 is 0 Å². The van der Waals surface area contributed by atoms with E-state index in [0.29, 0.717) is 19.3 Å². The second kappa shape index (κ2) is 10.1. The molecule has 1 aliphatic heterocycles. The van der Waals surface area contributed by atoms with E-state index in [-0.39, 0.29) is 12.4 Å². The normalized spacial score (nSPS) is 18.6. The highest BCUT2D eigenvalue weighted by Gasteiger charge is 2.11. The Morgan fingerprint density at radius 2 is 1.89 bits per heavy atom. The van der Waals surface area contributed by atoms with E-state index in [9.17, 15) is 0 Å². The third kappa shape index (κ3) is 6.81. The molecule has 1 N–H and O–H groups in total. The molecule has 3 nitrogen and oxygen atoms in total. The minimum Gasteiger partial charge on any atom is -0.491 e. The summed E-state index contributed by atoms with van der Waals surface area (Å²) in [5, 5.41) is 3.52. The van der Waals surface area contributed by atoms with E-state index in [1.165, 1.54) is 25.8 Å². The summed E-state index contributed by atoms with van der Waals surface area (Å²) in [6, 6.07) is 10.5. The molecular formula is C15H24ClNO2. The number of benzene rings is 1. The van der Waals surface area contributed by atoms with E-state index in [4.69, 9.17) is 9.47 Å². The quantitative estimate of drug-likeness (QED) is 0.781. The highest BCUT2D eigenvalue weighted by Crippen LogP contribution is 2.10. The van der Waals surface area contributed by atoms with Gasteiger partial charge in [0, 0.05) is 12.6 Å². The fourth-order valence-corrected chi connectivity index (χ4v) is 2.23. The maximum atomic E-state index is 5.59. The molecule has 1 saturated heterocycles. The summed E-state index contributed by atoms with van der Waals surface area (Å²) in [6.45, 7) is 3.29. The van der Waals surface area contributed by atoms with Crippen LogP contribution in [-0.2, 0) is 4.74 Å². The Labute approximate surface area is 122 Å². The van der Waals surface area contributed by atoms with Crippen LogP contribution in [0.4, 0.5) is 0 Å². The molecular weight excluding hydrogens is 262 g/mol. The minimum absolute atomic E-state index is 0. The van der Waals surface area contributed by atoms with E-state index < -0.39 is 0 Å². The van der Waals surface area contributed by atoms with Gasteiger partial charge in [-0.25, -0.2) is 0 Å². The zero-order valence-electron chi connectivity index (χ0n) is 11.3. The van der Waals surface area contributed by atoms with Gasteiger partial charge < -0.3 is 14.8 Å². The van der Waals surface area contributed by atoms with Crippen molar-refractivity contribution < 1.29 is 9.47 Å². The predicted molar refractivity (Wildman–Crippen MR) is 80.3 cm³/mol. The summed E-state index contributed by atoms with van der Waals surface area (Å²) in [6.07, 6.45) is 5.09. The van der Waals surface area contributed by atoms with Gasteiger partial charge in [0.15, 0.2) is 0 Å². The molecule has 2 rings (SSSR count). The Bertz CT molecular complexity index is 315. The van der Waals surface area contributed by atoms with Gasteiger partial charge in [-0.1, -0.05) is 24.6 Å². The molecule has 4 heteroatoms. The van der Waals surface area contributed by atoms with Crippen molar-refractivity contribution >= 4 is 12.4 Å². The number of rotatable bonds is 7. The molecule has 0 amide bonds. The van der Waals surface area contributed by atoms with Crippen molar-refractivity contribution in [3.8, 4) is 5.75 Å². The van der Waals surface area contributed by atoms with Crippen molar-refractivity contribution in [2.45, 2.75) is 31.7 Å². The van der Waals surface area contributed by atoms with Crippen LogP contribution in [0.2, 0.25) is 0 Å². The Balaban J connectivity index is 0.00000180. The molecule has 19 heavy (non-hydrogen) atoms. The van der Waals surface area contributed by atoms with Crippen LogP contribution in [0.25, 0.3) is 0 Å². The first-order chi connectivity index (χ1) is 8.95. The molecule has 1 unspecified atom stereocenters. The summed E-state index contributed by atoms with van der Waals surface area (Å²) in [5.41, 5.74) is 0. The molecule has 0 saturated carbocycles. The molecule has 0 spiro atoms. The summed E-state index contributed by atoms with van der Waals surface area (Å²) in [4.78, 5) is 0. The summed E-state index contributed by atoms with van der Waals surface area (Å²) in [7, 11) is 0. The number of ether oxygens (including phenoxy) is 2. The number of nitrogens with one attached hydrogen (secondary N) is 1. The predicted octanol–water partition coefficient (Wildman–Crippen LogP) is 3.04. The van der Waals surface area contributed by atoms with Crippen LogP contribution in [0.1, 0.15) is 25.7 Å². The zero-order chi connectivity index (χ0) is 12.5. The first kappa shape index (κ1) is 16.3. The average molecular weight is 286 g/mol. The topological polar surface area (TPSA) is 30.5 Å². The van der Waals surface area contributed by atoms with Crippen molar-refractivity contribution in [3.63, 3.8) is 0 Å². The monoisotopic (exact) mass is 285 g/mol. The lowest BCUT2D eigenvalue weighted by atomic mass is 10.0. The van der Waals surface area contributed by atoms with Gasteiger partial charge in [0.2, 0.25) is 0 Å². The van der Waals surface area contributed by atoms with E-state index in [2.05, 4.69) is 5.32 Å². The minimum atomic E-state index is 0. The van der Waals surface area contributed by atoms with Gasteiger partial charge in [0.05, 0.1) is 6.61 Å². The Kier molecular flexibility index (Phi) is 8.63. The number of piperidine rings is 1. The molecule has 1 fully saturated rings. The fourth-order valence-electron chi connectivity index (χ4n) is 2.23. The molecule has 0 aliphatic carbocycles. The van der Waals surface area contributed by atoms with Gasteiger partial charge in [-0.15, -0.1) is 12.4 Å². The van der Waals surface area contributed by atoms with Crippen LogP contribution in [-0.4, -0.2) is 32.4 Å². The Morgan fingerprint density at radius 1 is 1.05 bits per heavy atom. The van der Waals surface area contributed by atoms with Crippen LogP contribution in [0.15, 0.2) is 30.3 Å². The molecule has 1 aromatic carbocycles. The van der Waals surface area contributed by atoms with Crippen LogP contribution in [0, 0.1) is 0 Å². The summed E-state index contributed by atoms with van der Waals surface area (Å²) in [5.74, 6) is 0.912. The van der Waals surface area contributed by atoms with Gasteiger partial charge in [-0.3, -0.25) is 0 Å². The molecule has 0 aromatic heterocycles. The maximum absolute atomic E-state index is 5.59. The van der Waals surface area contributed by atoms with E-state index in [1.807, 2.05) is 30.3 Å². The molecule has 1 atom stereocenters. The SMILES string of the molecule is Cl.c1ccc(OCCOCCC2CCCCN2)cc1. The third-order valence-corrected chi connectivity index (χ3v) is 3.26. The van der Waals surface area contributed by atoms with Crippen LogP contribution < -0.4 is 10.1 Å². The van der Waals surface area contributed by atoms with Crippen LogP contribution in [0.5, 0.6) is 5.75 Å². The maximum Gasteiger partial charge on any atom is 0.119 e. The summed E-state index contributed by atoms with van der Waals surface area (Å²) < 4.78 is 11.2. The van der Waals surface area contributed by atoms with Gasteiger partial charge in [-0.2, -0.15) is 0 Å². The smallest absolute Gasteiger partial charge is 0.119 e. The molecule has 1 aliphatic rings. The number of hydrogen-bond acceptors (Lipinski definition) is 3. The lowest BCUT2D eigenvalue weighted by Gasteiger charge is -2.23. The molecule has 108 valence electrons. The number of hydrogen-bond donors (Lipinski definition) is 1. The first-order valence-corrected chi connectivity index (χ1v) is 6.94. The van der Waals surface area contributed by atoms with Crippen molar-refractivity contribution in [1.29, 1.82) is 0 Å². The third-order valence-electron chi connectivity index (χ3n) is 3.26. The molecule has 0 radical (unpaired) electrons. The van der Waals surface area contributed by atoms with Gasteiger partial charge in [0.1, 0.15) is 12.4 Å². The van der Waals surface area contributed by atoms with E-state index in [1.54, 1.807) is 0 Å². The second-order valence-corrected chi connectivity index (χ2v) is 4.71. The summed E-state index contributed by atoms with van der Waals surface area (Å²) >= 11 is 0. The number of halogens is 1. The highest BCUT2D eigenvalue weighted by molar-refractivity contribution is 5.85. The van der Waals surface area contributed by atoms with Gasteiger partial charge in [0.25, 0.3) is 0 Å². The molecule has 1 aromatic rings. The van der Waals surface area contributed by atoms with Crippen molar-refractivity contribution in [2.24, 2.45) is 0 Å². The molecule has 1 heterocycles. The second-order valence-electron chi connectivity index (χ2n) is 4.71. The number of para-hydroxylation sites is 1. The Hall–Kier alpha value is -0.770. The van der Waals surface area contributed by atoms with Gasteiger partial charge in [-0.05, 0) is 37.9 Å². The largest absolute Gasteiger partial charge is 0.491 e. The Morgan fingerprint density at radius 3 is 2.63 bits per heavy atom. The fraction of sp³-hybridized carbons (Fsp3) is 0.600. The van der Waals surface area contributed by atoms with Crippen molar-refractivity contribution in [3.05, 3.63) is 30.3 Å². The van der Waals surface area contributed by atoms with Crippen LogP contribution in [0.3, 0.4) is 0 Å².